The van der Waals surface area contributed by atoms with E-state index in [0.29, 0.717) is 28.9 Å². The number of halogens is 2. The zero-order valence-corrected chi connectivity index (χ0v) is 35.0. The summed E-state index contributed by atoms with van der Waals surface area (Å²) < 4.78 is 28.8. The largest absolute Gasteiger partial charge is 0.496 e. The van der Waals surface area contributed by atoms with Gasteiger partial charge in [0, 0.05) is 18.6 Å². The summed E-state index contributed by atoms with van der Waals surface area (Å²) in [5.74, 6) is 1.26. The van der Waals surface area contributed by atoms with Crippen LogP contribution in [-0.2, 0) is 27.3 Å². The second-order valence-corrected chi connectivity index (χ2v) is 13.6. The highest BCUT2D eigenvalue weighted by molar-refractivity contribution is 7.98. The fourth-order valence-electron chi connectivity index (χ4n) is 4.44. The van der Waals surface area contributed by atoms with Gasteiger partial charge >= 0.3 is 6.03 Å². The number of carbonyl (C=O) groups is 2. The summed E-state index contributed by atoms with van der Waals surface area (Å²) in [4.78, 5) is 27.5. The topological polar surface area (TPSA) is 139 Å². The van der Waals surface area contributed by atoms with Crippen LogP contribution in [0.5, 0.6) is 11.5 Å². The summed E-state index contributed by atoms with van der Waals surface area (Å²) in [5.41, 5.74) is 4.84. The average Bonchev–Trinajstić information content (AvgIpc) is 3.72. The van der Waals surface area contributed by atoms with Gasteiger partial charge in [-0.15, -0.1) is 11.8 Å². The normalized spacial score (nSPS) is 13.6. The predicted octanol–water partition coefficient (Wildman–Crippen LogP) is 8.63. The number of aryl methyl sites for hydroxylation is 2. The van der Waals surface area contributed by atoms with Crippen LogP contribution >= 0.6 is 35.0 Å². The lowest BCUT2D eigenvalue weighted by atomic mass is 10.2. The molecule has 292 valence electrons. The molecule has 1 aromatic heterocycles. The van der Waals surface area contributed by atoms with E-state index in [1.54, 1.807) is 57.1 Å². The van der Waals surface area contributed by atoms with Gasteiger partial charge in [-0.3, -0.25) is 14.6 Å². The lowest BCUT2D eigenvalue weighted by Gasteiger charge is -2.21. The average molecular weight is 820 g/mol. The maximum Gasteiger partial charge on any atom is 0.329 e. The number of fused-ring (bicyclic) bond motifs is 1. The van der Waals surface area contributed by atoms with E-state index in [-0.39, 0.29) is 11.9 Å². The van der Waals surface area contributed by atoms with Crippen molar-refractivity contribution in [1.82, 2.24) is 29.9 Å². The van der Waals surface area contributed by atoms with Gasteiger partial charge in [-0.1, -0.05) is 91.1 Å². The molecule has 5 aromatic rings. The van der Waals surface area contributed by atoms with Gasteiger partial charge in [0.15, 0.2) is 0 Å². The number of methoxy groups -OCH3 is 1. The maximum absolute atomic E-state index is 12.0. The summed E-state index contributed by atoms with van der Waals surface area (Å²) in [6, 6.07) is 26.1. The number of urea groups is 1. The number of rotatable bonds is 9. The highest BCUT2D eigenvalue weighted by atomic mass is 35.5. The molecule has 12 nitrogen and oxygen atoms in total. The van der Waals surface area contributed by atoms with E-state index in [1.807, 2.05) is 69.3 Å². The Morgan fingerprint density at radius 3 is 2.00 bits per heavy atom. The third-order valence-corrected chi connectivity index (χ3v) is 9.29. The molecule has 0 bridgehead atoms. The van der Waals surface area contributed by atoms with Crippen LogP contribution in [0.3, 0.4) is 0 Å². The van der Waals surface area contributed by atoms with Gasteiger partial charge in [-0.2, -0.15) is 19.6 Å². The quantitative estimate of drug-likeness (QED) is 0.111. The highest BCUT2D eigenvalue weighted by Gasteiger charge is 2.43. The molecule has 2 heterocycles. The summed E-state index contributed by atoms with van der Waals surface area (Å²) in [7, 11) is 4.75. The molecule has 6 rings (SSSR count). The minimum absolute atomic E-state index is 0.308. The molecule has 4 aromatic carbocycles. The summed E-state index contributed by atoms with van der Waals surface area (Å²) in [6.45, 7) is 10.6. The van der Waals surface area contributed by atoms with Crippen molar-refractivity contribution in [2.75, 3.05) is 34.1 Å². The van der Waals surface area contributed by atoms with E-state index in [1.165, 1.54) is 22.4 Å². The molecule has 1 aliphatic heterocycles. The van der Waals surface area contributed by atoms with E-state index < -0.39 is 17.5 Å². The van der Waals surface area contributed by atoms with Gasteiger partial charge in [0.1, 0.15) is 22.5 Å². The fraction of sp³-hybridized carbons (Fsp3) is 0.316. The summed E-state index contributed by atoms with van der Waals surface area (Å²) >= 11 is 11.7. The molecule has 54 heavy (non-hydrogen) atoms. The van der Waals surface area contributed by atoms with E-state index in [4.69, 9.17) is 36.9 Å². The van der Waals surface area contributed by atoms with Gasteiger partial charge in [-0.05, 0) is 81.6 Å². The number of benzene rings is 4. The number of likely N-dealkylation sites (N-methyl/N-ethyl adjacent to an activating group) is 1. The van der Waals surface area contributed by atoms with Crippen molar-refractivity contribution in [3.05, 3.63) is 112 Å². The smallest absolute Gasteiger partial charge is 0.329 e. The van der Waals surface area contributed by atoms with Crippen LogP contribution in [0.4, 0.5) is 4.79 Å². The minimum Gasteiger partial charge on any atom is -0.496 e. The van der Waals surface area contributed by atoms with Gasteiger partial charge < -0.3 is 13.7 Å². The predicted molar refractivity (Wildman–Crippen MR) is 219 cm³/mol. The molecule has 1 fully saturated rings. The Labute approximate surface area is 334 Å². The lowest BCUT2D eigenvalue weighted by Crippen LogP contribution is -2.36. The van der Waals surface area contributed by atoms with E-state index in [0.717, 1.165) is 32.8 Å². The Morgan fingerprint density at radius 2 is 1.48 bits per heavy atom. The second kappa shape index (κ2) is 24.3. The number of hydrogen-bond donors (Lipinski definition) is 2. The zero-order valence-electron chi connectivity index (χ0n) is 31.9. The molecule has 2 atom stereocenters. The lowest BCUT2D eigenvalue weighted by molar-refractivity contribution is -0.141. The number of imide groups is 1. The maximum atomic E-state index is 12.0. The third kappa shape index (κ3) is 14.2. The van der Waals surface area contributed by atoms with Crippen molar-refractivity contribution < 1.29 is 27.5 Å². The zero-order chi connectivity index (χ0) is 40.2. The molecule has 1 aliphatic rings. The number of nitrogens with one attached hydrogen (secondary N) is 2. The number of aromatic nitrogens is 3. The summed E-state index contributed by atoms with van der Waals surface area (Å²) in [5, 5.41) is 11.1. The first kappa shape index (κ1) is 46.0. The van der Waals surface area contributed by atoms with E-state index in [9.17, 15) is 13.8 Å². The number of H-pyrrole nitrogens is 1. The molecule has 1 saturated heterocycles. The number of amides is 3. The molecule has 0 radical (unpaired) electrons. The summed E-state index contributed by atoms with van der Waals surface area (Å²) in [6.07, 6.45) is 1.25. The number of carbonyl (C=O) groups excluding carboxylic acids is 2. The van der Waals surface area contributed by atoms with Crippen LogP contribution in [0.2, 0.25) is 10.0 Å². The highest BCUT2D eigenvalue weighted by Crippen LogP contribution is 2.28. The number of nitrogens with zero attached hydrogens (tertiary/aromatic N) is 4. The Bertz CT molecular complexity index is 1880. The van der Waals surface area contributed by atoms with Crippen LogP contribution in [0.15, 0.2) is 89.8 Å². The van der Waals surface area contributed by atoms with Crippen LogP contribution in [0.25, 0.3) is 11.0 Å². The molecule has 2 N–H and O–H groups in total. The Kier molecular flexibility index (Phi) is 20.7. The molecule has 3 amide bonds. The number of ether oxygens (including phenoxy) is 2. The Hall–Kier alpha value is -4.18. The molecule has 2 unspecified atom stereocenters. The van der Waals surface area contributed by atoms with E-state index in [2.05, 4.69) is 45.4 Å². The first-order valence-electron chi connectivity index (χ1n) is 16.8. The van der Waals surface area contributed by atoms with E-state index >= 15 is 0 Å². The molecule has 0 spiro atoms. The van der Waals surface area contributed by atoms with Gasteiger partial charge in [0.05, 0.1) is 23.7 Å². The number of hydrogen-bond acceptors (Lipinski definition) is 9. The Morgan fingerprint density at radius 1 is 0.907 bits per heavy atom. The molecular formula is C38H48Cl2N6O6S2. The van der Waals surface area contributed by atoms with Crippen molar-refractivity contribution in [2.24, 2.45) is 0 Å². The Balaban J connectivity index is 0.000000251. The molecular weight excluding hydrogens is 771 g/mol. The monoisotopic (exact) mass is 818 g/mol. The van der Waals surface area contributed by atoms with Crippen molar-refractivity contribution in [3.63, 3.8) is 0 Å². The van der Waals surface area contributed by atoms with Crippen molar-refractivity contribution >= 4 is 69.2 Å². The number of thioether (sulfide) groups is 1. The third-order valence-electron chi connectivity index (χ3n) is 7.13. The number of aromatic amines is 1. The molecule has 16 heteroatoms. The SMILES string of the molecule is CC.CCOC1C(=O)N(C)C(=O)N1Cc1ccccc1.CNS(=O)Oc1ccc(C)cc1.COc1ccc(C)cc1SC.Clc1cc2n[nH]nc2cc1Cl. The second-order valence-electron chi connectivity index (χ2n) is 10.9. The first-order chi connectivity index (χ1) is 25.9. The molecule has 0 saturated carbocycles. The van der Waals surface area contributed by atoms with Crippen LogP contribution in [-0.4, -0.2) is 81.7 Å². The van der Waals surface area contributed by atoms with Gasteiger partial charge in [-0.25, -0.2) is 9.52 Å². The first-order valence-corrected chi connectivity index (χ1v) is 19.9. The van der Waals surface area contributed by atoms with Gasteiger partial charge in [0.2, 0.25) is 6.23 Å². The molecule has 0 aliphatic carbocycles. The van der Waals surface area contributed by atoms with Crippen molar-refractivity contribution in [3.8, 4) is 11.5 Å². The standard InChI is InChI=1S/C13H16N2O3.C9H12OS.C8H11NO2S.C6H3Cl2N3.C2H6/c1-3-18-12-11(16)14(2)13(17)15(12)9-10-7-5-4-6-8-10;1-7-4-5-8(10-2)9(6-7)11-3;1-7-3-5-8(6-4-7)11-12(10)9-2;7-3-1-5-6(2-4(3)8)10-11-9-5;1-2/h4-8,12H,3,9H2,1-2H3;4-6H,1-3H3;3-6,9H,1-2H3;1-2H,(H,9,10,11);1-2H3. The minimum atomic E-state index is -1.43. The van der Waals surface area contributed by atoms with Crippen molar-refractivity contribution in [2.45, 2.75) is 52.3 Å². The fourth-order valence-corrected chi connectivity index (χ4v) is 5.78. The van der Waals surface area contributed by atoms with Crippen LogP contribution in [0.1, 0.15) is 37.5 Å². The van der Waals surface area contributed by atoms with Crippen LogP contribution in [0, 0.1) is 13.8 Å². The van der Waals surface area contributed by atoms with Crippen molar-refractivity contribution in [1.29, 1.82) is 0 Å². The van der Waals surface area contributed by atoms with Crippen LogP contribution < -0.4 is 13.6 Å². The van der Waals surface area contributed by atoms with Gasteiger partial charge in [0.25, 0.3) is 17.2 Å².